The minimum absolute atomic E-state index is 0.0418. The van der Waals surface area contributed by atoms with Crippen molar-refractivity contribution < 1.29 is 0 Å². The second-order valence-corrected chi connectivity index (χ2v) is 17.8. The standard InChI is InChI=1S/C49H46/c1-27-21-36-42(33-16-13-12-15-31(27)33)43-35(46(3,4)5)23-29(24-38(43)48(36,8)9)19-20-30-25-39-44-40(26-30)49(10,11)37-22-28(2)32-17-14-18-34(47(39,6)7)41(32)45(37)44/h12-18,21-26H,1-11H3. The quantitative estimate of drug-likeness (QED) is 0.146. The van der Waals surface area contributed by atoms with E-state index in [0.717, 1.165) is 11.1 Å². The van der Waals surface area contributed by atoms with Gasteiger partial charge in [-0.2, -0.15) is 0 Å². The molecule has 0 N–H and O–H groups in total. The van der Waals surface area contributed by atoms with E-state index >= 15 is 0 Å². The van der Waals surface area contributed by atoms with Crippen LogP contribution in [0.3, 0.4) is 0 Å². The SMILES string of the molecule is Cc1cc2c(c3ccccc13)-c1c(C(C)(C)C)cc(C#Cc3cc4c5c(c3)C(C)(C)c3cccc6c(C)cc(c-5c36)C4(C)C)cc1C2(C)C. The van der Waals surface area contributed by atoms with Gasteiger partial charge in [0.1, 0.15) is 0 Å². The molecule has 3 aliphatic carbocycles. The molecule has 0 saturated heterocycles. The highest BCUT2D eigenvalue weighted by Crippen LogP contribution is 2.60. The lowest BCUT2D eigenvalue weighted by Gasteiger charge is -2.35. The number of hydrogen-bond donors (Lipinski definition) is 0. The summed E-state index contributed by atoms with van der Waals surface area (Å²) in [7, 11) is 0. The summed E-state index contributed by atoms with van der Waals surface area (Å²) in [6.07, 6.45) is 0. The van der Waals surface area contributed by atoms with Crippen molar-refractivity contribution >= 4 is 21.5 Å². The fourth-order valence-electron chi connectivity index (χ4n) is 9.86. The molecular weight excluding hydrogens is 589 g/mol. The van der Waals surface area contributed by atoms with E-state index < -0.39 is 0 Å². The van der Waals surface area contributed by atoms with Crippen molar-refractivity contribution in [3.63, 3.8) is 0 Å². The molecule has 0 spiro atoms. The summed E-state index contributed by atoms with van der Waals surface area (Å²) >= 11 is 0. The zero-order chi connectivity index (χ0) is 34.6. The Labute approximate surface area is 292 Å². The molecule has 0 saturated carbocycles. The molecule has 242 valence electrons. The van der Waals surface area contributed by atoms with Crippen LogP contribution >= 0.6 is 0 Å². The lowest BCUT2D eigenvalue weighted by molar-refractivity contribution is 0.589. The molecule has 0 amide bonds. The van der Waals surface area contributed by atoms with Crippen LogP contribution in [0.4, 0.5) is 0 Å². The number of rotatable bonds is 0. The van der Waals surface area contributed by atoms with Crippen LogP contribution in [0.1, 0.15) is 124 Å². The normalized spacial score (nSPS) is 16.8. The molecule has 0 aliphatic heterocycles. The Hall–Kier alpha value is -4.60. The molecule has 0 fully saturated rings. The Morgan fingerprint density at radius 1 is 0.449 bits per heavy atom. The second-order valence-electron chi connectivity index (χ2n) is 17.8. The van der Waals surface area contributed by atoms with Gasteiger partial charge in [0.15, 0.2) is 0 Å². The molecule has 3 aliphatic rings. The van der Waals surface area contributed by atoms with E-state index in [9.17, 15) is 0 Å². The van der Waals surface area contributed by atoms with Crippen molar-refractivity contribution in [1.29, 1.82) is 0 Å². The topological polar surface area (TPSA) is 0 Å². The number of benzene rings is 6. The van der Waals surface area contributed by atoms with Crippen molar-refractivity contribution in [3.8, 4) is 34.1 Å². The molecule has 0 heterocycles. The van der Waals surface area contributed by atoms with E-state index in [4.69, 9.17) is 0 Å². The first-order valence-electron chi connectivity index (χ1n) is 18.0. The molecule has 49 heavy (non-hydrogen) atoms. The second kappa shape index (κ2) is 9.34. The van der Waals surface area contributed by atoms with Gasteiger partial charge in [0, 0.05) is 27.4 Å². The van der Waals surface area contributed by atoms with E-state index in [2.05, 4.69) is 167 Å². The van der Waals surface area contributed by atoms with Gasteiger partial charge in [0.2, 0.25) is 0 Å². The minimum atomic E-state index is -0.122. The number of hydrogen-bond acceptors (Lipinski definition) is 0. The van der Waals surface area contributed by atoms with E-state index in [1.54, 1.807) is 0 Å². The molecule has 0 unspecified atom stereocenters. The van der Waals surface area contributed by atoms with Crippen LogP contribution in [-0.4, -0.2) is 0 Å². The molecule has 0 aromatic heterocycles. The van der Waals surface area contributed by atoms with Gasteiger partial charge in [-0.05, 0) is 137 Å². The molecule has 9 rings (SSSR count). The number of fused-ring (bicyclic) bond motifs is 5. The van der Waals surface area contributed by atoms with Crippen molar-refractivity contribution in [2.75, 3.05) is 0 Å². The third-order valence-electron chi connectivity index (χ3n) is 12.6. The molecule has 0 bridgehead atoms. The zero-order valence-electron chi connectivity index (χ0n) is 31.0. The van der Waals surface area contributed by atoms with Crippen molar-refractivity contribution in [2.24, 2.45) is 0 Å². The van der Waals surface area contributed by atoms with Gasteiger partial charge in [0.05, 0.1) is 0 Å². The molecule has 0 nitrogen and oxygen atoms in total. The van der Waals surface area contributed by atoms with Crippen LogP contribution in [0.2, 0.25) is 0 Å². The highest BCUT2D eigenvalue weighted by atomic mass is 14.5. The Morgan fingerprint density at radius 3 is 1.53 bits per heavy atom. The smallest absolute Gasteiger partial charge is 0.0255 e. The maximum Gasteiger partial charge on any atom is 0.0255 e. The fourth-order valence-corrected chi connectivity index (χ4v) is 9.86. The summed E-state index contributed by atoms with van der Waals surface area (Å²) in [4.78, 5) is 0. The molecular formula is C49H46. The minimum Gasteiger partial charge on any atom is -0.0616 e. The summed E-state index contributed by atoms with van der Waals surface area (Å²) in [5, 5.41) is 5.56. The maximum absolute atomic E-state index is 3.73. The summed E-state index contributed by atoms with van der Waals surface area (Å²) in [5.74, 6) is 7.46. The first kappa shape index (κ1) is 30.5. The van der Waals surface area contributed by atoms with Crippen molar-refractivity contribution in [2.45, 2.75) is 97.8 Å². The van der Waals surface area contributed by atoms with Crippen molar-refractivity contribution in [1.82, 2.24) is 0 Å². The van der Waals surface area contributed by atoms with E-state index in [-0.39, 0.29) is 21.7 Å². The average molecular weight is 635 g/mol. The van der Waals surface area contributed by atoms with Gasteiger partial charge >= 0.3 is 0 Å². The Morgan fingerprint density at radius 2 is 0.918 bits per heavy atom. The third-order valence-corrected chi connectivity index (χ3v) is 12.6. The molecule has 0 atom stereocenters. The first-order chi connectivity index (χ1) is 23.0. The predicted octanol–water partition coefficient (Wildman–Crippen LogP) is 12.6. The summed E-state index contributed by atoms with van der Waals surface area (Å²) in [6.45, 7) is 26.0. The zero-order valence-corrected chi connectivity index (χ0v) is 31.0. The molecule has 0 heteroatoms. The first-order valence-corrected chi connectivity index (χ1v) is 18.0. The van der Waals surface area contributed by atoms with Crippen LogP contribution in [0, 0.1) is 25.7 Å². The van der Waals surface area contributed by atoms with Gasteiger partial charge < -0.3 is 0 Å². The molecule has 6 aromatic carbocycles. The van der Waals surface area contributed by atoms with Gasteiger partial charge in [-0.15, -0.1) is 0 Å². The third kappa shape index (κ3) is 3.83. The number of aryl methyl sites for hydroxylation is 2. The Bertz CT molecular complexity index is 2560. The van der Waals surface area contributed by atoms with Crippen LogP contribution in [0.25, 0.3) is 43.8 Å². The van der Waals surface area contributed by atoms with Crippen LogP contribution in [-0.2, 0) is 21.7 Å². The lowest BCUT2D eigenvalue weighted by Crippen LogP contribution is -2.24. The van der Waals surface area contributed by atoms with E-state index in [1.165, 1.54) is 93.9 Å². The Balaban J connectivity index is 1.26. The average Bonchev–Trinajstić information content (AvgIpc) is 3.41. The van der Waals surface area contributed by atoms with Gasteiger partial charge in [-0.25, -0.2) is 0 Å². The van der Waals surface area contributed by atoms with Crippen LogP contribution in [0.5, 0.6) is 0 Å². The summed E-state index contributed by atoms with van der Waals surface area (Å²) in [6, 6.07) is 30.4. The van der Waals surface area contributed by atoms with Gasteiger partial charge in [-0.3, -0.25) is 0 Å². The van der Waals surface area contributed by atoms with Crippen molar-refractivity contribution in [3.05, 3.63) is 140 Å². The predicted molar refractivity (Wildman–Crippen MR) is 209 cm³/mol. The highest BCUT2D eigenvalue weighted by molar-refractivity contribution is 6.09. The maximum atomic E-state index is 3.73. The lowest BCUT2D eigenvalue weighted by atomic mass is 9.68. The van der Waals surface area contributed by atoms with Gasteiger partial charge in [0.25, 0.3) is 0 Å². The molecule has 0 radical (unpaired) electrons. The van der Waals surface area contributed by atoms with E-state index in [0.29, 0.717) is 0 Å². The fraction of sp³-hybridized carbons (Fsp3) is 0.306. The largest absolute Gasteiger partial charge is 0.0616 e. The summed E-state index contributed by atoms with van der Waals surface area (Å²) in [5.41, 5.74) is 20.2. The van der Waals surface area contributed by atoms with Crippen LogP contribution < -0.4 is 0 Å². The van der Waals surface area contributed by atoms with Gasteiger partial charge in [-0.1, -0.05) is 129 Å². The Kier molecular flexibility index (Phi) is 5.81. The molecule has 6 aromatic rings. The highest BCUT2D eigenvalue weighted by Gasteiger charge is 2.45. The monoisotopic (exact) mass is 634 g/mol. The summed E-state index contributed by atoms with van der Waals surface area (Å²) < 4.78 is 0. The van der Waals surface area contributed by atoms with E-state index in [1.807, 2.05) is 0 Å². The van der Waals surface area contributed by atoms with Crippen LogP contribution in [0.15, 0.2) is 78.9 Å².